The normalized spacial score (nSPS) is 15.2. The van der Waals surface area contributed by atoms with Crippen molar-refractivity contribution in [3.63, 3.8) is 0 Å². The number of likely N-dealkylation sites (N-methyl/N-ethyl adjacent to an activating group) is 1. The van der Waals surface area contributed by atoms with Gasteiger partial charge in [0.2, 0.25) is 5.91 Å². The molecule has 12 heteroatoms. The molecule has 0 N–H and O–H groups in total. The molecule has 0 saturated carbocycles. The number of hydrogen-bond donors (Lipinski definition) is 0. The van der Waals surface area contributed by atoms with Crippen LogP contribution >= 0.6 is 0 Å². The predicted octanol–water partition coefficient (Wildman–Crippen LogP) is 7.45. The summed E-state index contributed by atoms with van der Waals surface area (Å²) in [5.41, 5.74) is 11.1. The van der Waals surface area contributed by atoms with E-state index in [1.165, 1.54) is 17.8 Å². The van der Waals surface area contributed by atoms with Gasteiger partial charge in [0.05, 0.1) is 29.0 Å². The fourth-order valence-electron chi connectivity index (χ4n) is 8.53. The number of anilines is 1. The van der Waals surface area contributed by atoms with E-state index in [-0.39, 0.29) is 24.3 Å². The van der Waals surface area contributed by atoms with Crippen LogP contribution in [0.1, 0.15) is 36.0 Å². The van der Waals surface area contributed by atoms with Crippen LogP contribution in [-0.2, 0) is 24.2 Å². The quantitative estimate of drug-likeness (QED) is 0.140. The zero-order valence-corrected chi connectivity index (χ0v) is 31.4. The molecule has 9 rings (SSSR count). The zero-order valence-electron chi connectivity index (χ0n) is 31.4. The minimum Gasteiger partial charge on any atom is -0.297 e. The van der Waals surface area contributed by atoms with Crippen LogP contribution in [0, 0.1) is 24.1 Å². The number of benzene rings is 2. The molecule has 278 valence electrons. The zero-order chi connectivity index (χ0) is 38.5. The molecule has 2 atom stereocenters. The number of pyridine rings is 3. The molecule has 0 saturated heterocycles. The molecule has 0 bridgehead atoms. The smallest absolute Gasteiger partial charge is 0.247 e. The number of carbonyl (C=O) groups excluding carboxylic acids is 1. The van der Waals surface area contributed by atoms with E-state index in [1.54, 1.807) is 29.4 Å². The fourth-order valence-corrected chi connectivity index (χ4v) is 8.53. The van der Waals surface area contributed by atoms with Crippen molar-refractivity contribution in [3.8, 4) is 51.1 Å². The van der Waals surface area contributed by atoms with Gasteiger partial charge < -0.3 is 0 Å². The highest BCUT2D eigenvalue weighted by atomic mass is 19.1. The van der Waals surface area contributed by atoms with E-state index in [9.17, 15) is 14.4 Å². The summed E-state index contributed by atoms with van der Waals surface area (Å²) >= 11 is 0. The van der Waals surface area contributed by atoms with Crippen LogP contribution in [0.25, 0.3) is 55.9 Å². The van der Waals surface area contributed by atoms with Crippen LogP contribution in [0.5, 0.6) is 0 Å². The number of aromatic nitrogens is 7. The number of amides is 1. The molecule has 0 radical (unpaired) electrons. The van der Waals surface area contributed by atoms with Crippen LogP contribution in [-0.4, -0.2) is 72.0 Å². The first-order chi connectivity index (χ1) is 27.3. The first-order valence-corrected chi connectivity index (χ1v) is 18.9. The number of nitriles is 1. The molecular weight excluding hydrogens is 704 g/mol. The second kappa shape index (κ2) is 14.2. The second-order valence-electron chi connectivity index (χ2n) is 14.7. The summed E-state index contributed by atoms with van der Waals surface area (Å²) in [7, 11) is 3.77. The molecule has 5 aromatic heterocycles. The van der Waals surface area contributed by atoms with E-state index < -0.39 is 6.04 Å². The number of hydrogen-bond acceptors (Lipinski definition) is 8. The highest BCUT2D eigenvalue weighted by molar-refractivity contribution is 6.03. The van der Waals surface area contributed by atoms with Gasteiger partial charge in [-0.15, -0.1) is 0 Å². The molecule has 1 unspecified atom stereocenters. The number of carbonyl (C=O) groups is 1. The molecular formula is C44H39FN10O. The Morgan fingerprint density at radius 2 is 1.73 bits per heavy atom. The summed E-state index contributed by atoms with van der Waals surface area (Å²) in [5, 5.41) is 21.2. The van der Waals surface area contributed by atoms with Gasteiger partial charge in [-0.05, 0) is 112 Å². The van der Waals surface area contributed by atoms with Gasteiger partial charge >= 0.3 is 0 Å². The second-order valence-corrected chi connectivity index (χ2v) is 14.7. The van der Waals surface area contributed by atoms with Gasteiger partial charge in [0.1, 0.15) is 29.8 Å². The maximum Gasteiger partial charge on any atom is 0.247 e. The van der Waals surface area contributed by atoms with Crippen LogP contribution in [0.4, 0.5) is 10.1 Å². The molecule has 0 spiro atoms. The van der Waals surface area contributed by atoms with Gasteiger partial charge in [0.25, 0.3) is 0 Å². The Kier molecular flexibility index (Phi) is 8.94. The Labute approximate surface area is 323 Å². The Bertz CT molecular complexity index is 2660. The lowest BCUT2D eigenvalue weighted by Gasteiger charge is -2.33. The van der Waals surface area contributed by atoms with Gasteiger partial charge in [-0.25, -0.2) is 4.39 Å². The number of fused-ring (bicyclic) bond motifs is 3. The monoisotopic (exact) mass is 742 g/mol. The first kappa shape index (κ1) is 35.1. The fraction of sp³-hybridized carbons (Fsp3) is 0.250. The maximum atomic E-state index is 14.9. The van der Waals surface area contributed by atoms with Gasteiger partial charge in [0.15, 0.2) is 0 Å². The van der Waals surface area contributed by atoms with E-state index in [0.717, 1.165) is 69.8 Å². The molecule has 7 heterocycles. The SMILES string of the molecule is Cc1cccc(-c2nn3c(c2-c2ccc(F)cc2)CC[C@@H]3C(C(=O)N(CC#N)c2ccc3c(-c4c(-c5ccccn5)nn5c4CCC5)ccnc3c2)N(C)C)n1. The van der Waals surface area contributed by atoms with Crippen molar-refractivity contribution in [2.45, 2.75) is 51.2 Å². The molecule has 0 aliphatic carbocycles. The third kappa shape index (κ3) is 6.01. The van der Waals surface area contributed by atoms with Crippen molar-refractivity contribution in [1.29, 1.82) is 5.26 Å². The molecule has 0 fully saturated rings. The number of halogens is 1. The first-order valence-electron chi connectivity index (χ1n) is 18.9. The lowest BCUT2D eigenvalue weighted by atomic mass is 9.96. The van der Waals surface area contributed by atoms with Gasteiger partial charge in [-0.1, -0.05) is 30.3 Å². The molecule has 2 aromatic carbocycles. The lowest BCUT2D eigenvalue weighted by molar-refractivity contribution is -0.124. The molecule has 1 amide bonds. The van der Waals surface area contributed by atoms with E-state index in [1.807, 2.05) is 91.3 Å². The van der Waals surface area contributed by atoms with Crippen molar-refractivity contribution in [2.75, 3.05) is 25.5 Å². The minimum absolute atomic E-state index is 0.146. The summed E-state index contributed by atoms with van der Waals surface area (Å²) in [6.07, 6.45) is 6.84. The average Bonchev–Trinajstić information content (AvgIpc) is 3.99. The van der Waals surface area contributed by atoms with Crippen LogP contribution < -0.4 is 4.90 Å². The Balaban J connectivity index is 1.10. The topological polar surface area (TPSA) is 122 Å². The van der Waals surface area contributed by atoms with E-state index in [0.29, 0.717) is 35.4 Å². The van der Waals surface area contributed by atoms with Crippen molar-refractivity contribution < 1.29 is 9.18 Å². The summed E-state index contributed by atoms with van der Waals surface area (Å²) in [5.74, 6) is -0.535. The van der Waals surface area contributed by atoms with Crippen LogP contribution in [0.3, 0.4) is 0 Å². The Hall–Kier alpha value is -6.58. The van der Waals surface area contributed by atoms with Crippen molar-refractivity contribution in [2.24, 2.45) is 0 Å². The van der Waals surface area contributed by atoms with Crippen molar-refractivity contribution >= 4 is 22.5 Å². The van der Waals surface area contributed by atoms with Gasteiger partial charge in [-0.2, -0.15) is 15.5 Å². The number of aryl methyl sites for hydroxylation is 2. The van der Waals surface area contributed by atoms with E-state index >= 15 is 0 Å². The van der Waals surface area contributed by atoms with Gasteiger partial charge in [-0.3, -0.25) is 38.9 Å². The summed E-state index contributed by atoms with van der Waals surface area (Å²) in [6.45, 7) is 2.65. The summed E-state index contributed by atoms with van der Waals surface area (Å²) in [6, 6.07) is 27.2. The molecule has 11 nitrogen and oxygen atoms in total. The van der Waals surface area contributed by atoms with E-state index in [4.69, 9.17) is 20.2 Å². The molecule has 2 aliphatic heterocycles. The Morgan fingerprint density at radius 3 is 2.50 bits per heavy atom. The lowest BCUT2D eigenvalue weighted by Crippen LogP contribution is -2.50. The van der Waals surface area contributed by atoms with Crippen molar-refractivity contribution in [3.05, 3.63) is 120 Å². The summed E-state index contributed by atoms with van der Waals surface area (Å²) < 4.78 is 18.1. The predicted molar refractivity (Wildman–Crippen MR) is 213 cm³/mol. The average molecular weight is 743 g/mol. The van der Waals surface area contributed by atoms with Crippen molar-refractivity contribution in [1.82, 2.24) is 39.4 Å². The third-order valence-corrected chi connectivity index (χ3v) is 11.0. The van der Waals surface area contributed by atoms with Gasteiger partial charge in [0, 0.05) is 58.2 Å². The van der Waals surface area contributed by atoms with E-state index in [2.05, 4.69) is 15.7 Å². The number of nitrogens with zero attached hydrogens (tertiary/aromatic N) is 10. The summed E-state index contributed by atoms with van der Waals surface area (Å²) in [4.78, 5) is 32.6. The largest absolute Gasteiger partial charge is 0.297 e. The molecule has 7 aromatic rings. The molecule has 56 heavy (non-hydrogen) atoms. The minimum atomic E-state index is -0.658. The third-order valence-electron chi connectivity index (χ3n) is 11.0. The maximum absolute atomic E-state index is 14.9. The Morgan fingerprint density at radius 1 is 0.911 bits per heavy atom. The number of rotatable bonds is 9. The highest BCUT2D eigenvalue weighted by Gasteiger charge is 2.41. The molecule has 2 aliphatic rings. The highest BCUT2D eigenvalue weighted by Crippen LogP contribution is 2.43. The van der Waals surface area contributed by atoms with Crippen LogP contribution in [0.15, 0.2) is 97.3 Å². The van der Waals surface area contributed by atoms with Crippen LogP contribution in [0.2, 0.25) is 0 Å². The standard InChI is InChI=1S/C44H39FN10O/c1-27-8-6-10-34(49-27)42-39(28-12-14-29(45)15-13-28)37-18-19-38(55(37)51-42)43(52(2)3)44(56)53(25-21-46)30-16-17-31-32(20-23-48-35(31)26-30)40-36-11-7-24-54(36)50-41(40)33-9-4-5-22-47-33/h4-6,8-10,12-17,20,22-23,26,38,43H,7,11,18-19,24-25H2,1-3H3/t38-,43?/m1/s1.